The molecule has 0 radical (unpaired) electrons. The number of hydrogen-bond acceptors (Lipinski definition) is 3. The van der Waals surface area contributed by atoms with E-state index in [9.17, 15) is 14.4 Å². The minimum Gasteiger partial charge on any atom is -0.317 e. The molecule has 1 saturated heterocycles. The molecule has 178 valence electrons. The number of anilines is 2. The number of para-hydroxylation sites is 2. The number of benzene rings is 4. The maximum atomic E-state index is 13.7. The SMILES string of the molecule is O=C1C(=Cc2cccn2-c2ccc3ccccc3c2)C(=O)N(c2ccccc2)C(=O)N1c1ccccc1. The van der Waals surface area contributed by atoms with Gasteiger partial charge in [-0.05, 0) is 65.4 Å². The highest BCUT2D eigenvalue weighted by Gasteiger charge is 2.43. The molecular formula is C31H21N3O3. The Morgan fingerprint density at radius 1 is 0.514 bits per heavy atom. The summed E-state index contributed by atoms with van der Waals surface area (Å²) in [5.74, 6) is -1.33. The number of urea groups is 1. The fourth-order valence-electron chi connectivity index (χ4n) is 4.56. The molecule has 0 N–H and O–H groups in total. The standard InChI is InChI=1S/C31H21N3O3/c35-29-28(21-26-16-9-19-32(26)27-18-17-22-10-7-8-11-23(22)20-27)30(36)34(25-14-5-2-6-15-25)31(37)33(29)24-12-3-1-4-13-24/h1-21H. The van der Waals surface area contributed by atoms with E-state index in [1.54, 1.807) is 66.7 Å². The second-order valence-corrected chi connectivity index (χ2v) is 8.63. The van der Waals surface area contributed by atoms with Crippen molar-refractivity contribution >= 4 is 46.1 Å². The van der Waals surface area contributed by atoms with E-state index in [1.165, 1.54) is 0 Å². The van der Waals surface area contributed by atoms with Crippen molar-refractivity contribution in [2.45, 2.75) is 0 Å². The zero-order chi connectivity index (χ0) is 25.4. The summed E-state index contributed by atoms with van der Waals surface area (Å²) < 4.78 is 1.91. The highest BCUT2D eigenvalue weighted by atomic mass is 16.2. The third-order valence-electron chi connectivity index (χ3n) is 6.36. The summed E-state index contributed by atoms with van der Waals surface area (Å²) >= 11 is 0. The fraction of sp³-hybridized carbons (Fsp3) is 0. The van der Waals surface area contributed by atoms with Gasteiger partial charge in [-0.25, -0.2) is 14.6 Å². The number of barbiturate groups is 1. The van der Waals surface area contributed by atoms with Gasteiger partial charge in [0.25, 0.3) is 11.8 Å². The zero-order valence-corrected chi connectivity index (χ0v) is 19.7. The molecule has 1 aromatic heterocycles. The molecule has 4 aromatic carbocycles. The van der Waals surface area contributed by atoms with Gasteiger partial charge in [0.15, 0.2) is 0 Å². The van der Waals surface area contributed by atoms with E-state index in [1.807, 2.05) is 59.3 Å². The minimum absolute atomic E-state index is 0.104. The van der Waals surface area contributed by atoms with Crippen LogP contribution in [0.15, 0.2) is 127 Å². The average Bonchev–Trinajstić information content (AvgIpc) is 3.40. The lowest BCUT2D eigenvalue weighted by Gasteiger charge is -2.33. The van der Waals surface area contributed by atoms with Crippen molar-refractivity contribution in [1.29, 1.82) is 0 Å². The molecular weight excluding hydrogens is 462 g/mol. The summed E-state index contributed by atoms with van der Waals surface area (Å²) in [6.45, 7) is 0. The summed E-state index contributed by atoms with van der Waals surface area (Å²) in [4.78, 5) is 42.9. The van der Waals surface area contributed by atoms with Crippen molar-refractivity contribution in [1.82, 2.24) is 4.57 Å². The number of carbonyl (C=O) groups excluding carboxylic acids is 3. The molecule has 1 aliphatic rings. The first kappa shape index (κ1) is 22.2. The van der Waals surface area contributed by atoms with Gasteiger partial charge in [-0.2, -0.15) is 0 Å². The van der Waals surface area contributed by atoms with Gasteiger partial charge in [0.05, 0.1) is 11.4 Å². The Morgan fingerprint density at radius 2 is 1.08 bits per heavy atom. The lowest BCUT2D eigenvalue weighted by atomic mass is 10.1. The van der Waals surface area contributed by atoms with Crippen LogP contribution in [0, 0.1) is 0 Å². The molecule has 6 rings (SSSR count). The van der Waals surface area contributed by atoms with Gasteiger partial charge in [0, 0.05) is 17.6 Å². The summed E-state index contributed by atoms with van der Waals surface area (Å²) in [5.41, 5.74) is 2.21. The Bertz CT molecular complexity index is 1620. The number of hydrogen-bond donors (Lipinski definition) is 0. The molecule has 0 unspecified atom stereocenters. The first-order valence-electron chi connectivity index (χ1n) is 11.8. The second-order valence-electron chi connectivity index (χ2n) is 8.63. The number of fused-ring (bicyclic) bond motifs is 1. The smallest absolute Gasteiger partial charge is 0.317 e. The van der Waals surface area contributed by atoms with Crippen LogP contribution in [0.4, 0.5) is 16.2 Å². The largest absolute Gasteiger partial charge is 0.343 e. The van der Waals surface area contributed by atoms with Crippen molar-refractivity contribution in [3.05, 3.63) is 133 Å². The molecule has 0 saturated carbocycles. The molecule has 1 fully saturated rings. The topological polar surface area (TPSA) is 62.6 Å². The predicted octanol–water partition coefficient (Wildman–Crippen LogP) is 6.21. The van der Waals surface area contributed by atoms with Gasteiger partial charge in [-0.1, -0.05) is 66.7 Å². The second kappa shape index (κ2) is 9.09. The molecule has 6 heteroatoms. The molecule has 6 nitrogen and oxygen atoms in total. The molecule has 0 atom stereocenters. The van der Waals surface area contributed by atoms with Crippen molar-refractivity contribution in [2.24, 2.45) is 0 Å². The van der Waals surface area contributed by atoms with E-state index in [0.29, 0.717) is 17.1 Å². The van der Waals surface area contributed by atoms with Gasteiger partial charge >= 0.3 is 6.03 Å². The molecule has 0 aliphatic carbocycles. The van der Waals surface area contributed by atoms with Gasteiger partial charge in [0.1, 0.15) is 5.57 Å². The Labute approximate surface area is 213 Å². The fourth-order valence-corrected chi connectivity index (χ4v) is 4.56. The van der Waals surface area contributed by atoms with Gasteiger partial charge in [-0.15, -0.1) is 0 Å². The van der Waals surface area contributed by atoms with Crippen molar-refractivity contribution in [2.75, 3.05) is 9.80 Å². The summed E-state index contributed by atoms with van der Waals surface area (Å²) in [5, 5.41) is 2.19. The third-order valence-corrected chi connectivity index (χ3v) is 6.36. The third kappa shape index (κ3) is 3.90. The quantitative estimate of drug-likeness (QED) is 0.225. The Kier molecular flexibility index (Phi) is 5.47. The molecule has 5 aromatic rings. The Morgan fingerprint density at radius 3 is 1.70 bits per heavy atom. The van der Waals surface area contributed by atoms with E-state index >= 15 is 0 Å². The number of carbonyl (C=O) groups is 3. The number of nitrogens with zero attached hydrogens (tertiary/aromatic N) is 3. The summed E-state index contributed by atoms with van der Waals surface area (Å²) in [6.07, 6.45) is 3.43. The first-order valence-corrected chi connectivity index (χ1v) is 11.8. The van der Waals surface area contributed by atoms with Crippen LogP contribution in [-0.4, -0.2) is 22.4 Å². The molecule has 2 heterocycles. The van der Waals surface area contributed by atoms with Crippen molar-refractivity contribution in [3.63, 3.8) is 0 Å². The van der Waals surface area contributed by atoms with E-state index in [4.69, 9.17) is 0 Å². The van der Waals surface area contributed by atoms with Crippen LogP contribution >= 0.6 is 0 Å². The normalized spacial score (nSPS) is 13.9. The maximum absolute atomic E-state index is 13.7. The molecule has 0 bridgehead atoms. The summed E-state index contributed by atoms with van der Waals surface area (Å²) in [7, 11) is 0. The summed E-state index contributed by atoms with van der Waals surface area (Å²) in [6, 6.07) is 34.4. The molecule has 37 heavy (non-hydrogen) atoms. The van der Waals surface area contributed by atoms with E-state index < -0.39 is 17.8 Å². The van der Waals surface area contributed by atoms with E-state index in [2.05, 4.69) is 6.07 Å². The van der Waals surface area contributed by atoms with Gasteiger partial charge in [-0.3, -0.25) is 9.59 Å². The van der Waals surface area contributed by atoms with Crippen LogP contribution in [0.5, 0.6) is 0 Å². The predicted molar refractivity (Wildman–Crippen MR) is 145 cm³/mol. The first-order chi connectivity index (χ1) is 18.1. The van der Waals surface area contributed by atoms with Gasteiger partial charge < -0.3 is 4.57 Å². The Hall–Kier alpha value is -5.23. The molecule has 1 aliphatic heterocycles. The number of aromatic nitrogens is 1. The monoisotopic (exact) mass is 483 g/mol. The van der Waals surface area contributed by atoms with Crippen LogP contribution in [0.25, 0.3) is 22.5 Å². The lowest BCUT2D eigenvalue weighted by molar-refractivity contribution is -0.121. The minimum atomic E-state index is -0.713. The number of amides is 4. The van der Waals surface area contributed by atoms with Crippen molar-refractivity contribution in [3.8, 4) is 5.69 Å². The zero-order valence-electron chi connectivity index (χ0n) is 19.7. The Balaban J connectivity index is 1.48. The number of rotatable bonds is 4. The van der Waals surface area contributed by atoms with Crippen LogP contribution in [0.2, 0.25) is 0 Å². The lowest BCUT2D eigenvalue weighted by Crippen LogP contribution is -2.57. The molecule has 4 amide bonds. The van der Waals surface area contributed by atoms with Crippen LogP contribution in [-0.2, 0) is 9.59 Å². The van der Waals surface area contributed by atoms with E-state index in [0.717, 1.165) is 26.3 Å². The van der Waals surface area contributed by atoms with Gasteiger partial charge in [0.2, 0.25) is 0 Å². The van der Waals surface area contributed by atoms with Crippen LogP contribution in [0.3, 0.4) is 0 Å². The molecule has 0 spiro atoms. The van der Waals surface area contributed by atoms with Crippen LogP contribution in [0.1, 0.15) is 5.69 Å². The van der Waals surface area contributed by atoms with Crippen LogP contribution < -0.4 is 9.80 Å². The maximum Gasteiger partial charge on any atom is 0.343 e. The highest BCUT2D eigenvalue weighted by molar-refractivity contribution is 6.46. The average molecular weight is 484 g/mol. The highest BCUT2D eigenvalue weighted by Crippen LogP contribution is 2.30. The number of imide groups is 2. The van der Waals surface area contributed by atoms with E-state index in [-0.39, 0.29) is 5.57 Å². The van der Waals surface area contributed by atoms with Crippen molar-refractivity contribution < 1.29 is 14.4 Å².